The third-order valence-electron chi connectivity index (χ3n) is 3.32. The van der Waals surface area contributed by atoms with Crippen LogP contribution in [0.2, 0.25) is 0 Å². The lowest BCUT2D eigenvalue weighted by Crippen LogP contribution is -2.39. The van der Waals surface area contributed by atoms with Gasteiger partial charge in [0.1, 0.15) is 0 Å². The molecule has 1 aromatic carbocycles. The minimum Gasteiger partial charge on any atom is -0.357 e. The predicted molar refractivity (Wildman–Crippen MR) is 96.5 cm³/mol. The second kappa shape index (κ2) is 10.3. The molecule has 0 spiro atoms. The highest BCUT2D eigenvalue weighted by molar-refractivity contribution is 7.91. The zero-order valence-corrected chi connectivity index (χ0v) is 15.2. The van der Waals surface area contributed by atoms with Crippen LogP contribution in [0.1, 0.15) is 33.6 Å². The summed E-state index contributed by atoms with van der Waals surface area (Å²) in [6, 6.07) is 8.53. The van der Waals surface area contributed by atoms with E-state index in [1.54, 1.807) is 24.3 Å². The number of sulfone groups is 1. The van der Waals surface area contributed by atoms with Crippen molar-refractivity contribution >= 4 is 15.8 Å². The van der Waals surface area contributed by atoms with E-state index in [1.165, 1.54) is 0 Å². The number of nitrogens with one attached hydrogen (secondary N) is 2. The van der Waals surface area contributed by atoms with Crippen molar-refractivity contribution in [1.29, 1.82) is 0 Å². The van der Waals surface area contributed by atoms with Gasteiger partial charge in [-0.25, -0.2) is 8.42 Å². The first-order valence-electron chi connectivity index (χ1n) is 8.25. The molecule has 23 heavy (non-hydrogen) atoms. The molecule has 0 saturated heterocycles. The van der Waals surface area contributed by atoms with Gasteiger partial charge in [0.15, 0.2) is 15.8 Å². The Balaban J connectivity index is 2.47. The largest absolute Gasteiger partial charge is 0.357 e. The van der Waals surface area contributed by atoms with Crippen LogP contribution in [-0.4, -0.2) is 39.8 Å². The van der Waals surface area contributed by atoms with Crippen molar-refractivity contribution < 1.29 is 8.42 Å². The second-order valence-electron chi connectivity index (χ2n) is 5.86. The van der Waals surface area contributed by atoms with Crippen LogP contribution < -0.4 is 10.6 Å². The van der Waals surface area contributed by atoms with Crippen molar-refractivity contribution in [3.05, 3.63) is 30.3 Å². The SMILES string of the molecule is CCNC(=NCCCC(C)C)NCCS(=O)(=O)c1ccccc1. The molecule has 0 bridgehead atoms. The lowest BCUT2D eigenvalue weighted by atomic mass is 10.1. The van der Waals surface area contributed by atoms with Crippen molar-refractivity contribution in [2.75, 3.05) is 25.4 Å². The fourth-order valence-electron chi connectivity index (χ4n) is 2.08. The van der Waals surface area contributed by atoms with E-state index in [0.29, 0.717) is 23.3 Å². The monoisotopic (exact) mass is 339 g/mol. The summed E-state index contributed by atoms with van der Waals surface area (Å²) >= 11 is 0. The van der Waals surface area contributed by atoms with Gasteiger partial charge in [-0.2, -0.15) is 0 Å². The first-order valence-corrected chi connectivity index (χ1v) is 9.91. The summed E-state index contributed by atoms with van der Waals surface area (Å²) in [6.45, 7) is 8.23. The van der Waals surface area contributed by atoms with Gasteiger partial charge in [0.05, 0.1) is 10.6 Å². The molecule has 0 saturated carbocycles. The second-order valence-corrected chi connectivity index (χ2v) is 7.96. The third-order valence-corrected chi connectivity index (χ3v) is 5.05. The van der Waals surface area contributed by atoms with Crippen molar-refractivity contribution in [3.63, 3.8) is 0 Å². The molecule has 0 fully saturated rings. The maximum absolute atomic E-state index is 12.2. The highest BCUT2D eigenvalue weighted by Gasteiger charge is 2.13. The lowest BCUT2D eigenvalue weighted by Gasteiger charge is -2.12. The van der Waals surface area contributed by atoms with Crippen molar-refractivity contribution in [2.24, 2.45) is 10.9 Å². The minimum atomic E-state index is -3.25. The summed E-state index contributed by atoms with van der Waals surface area (Å²) in [5, 5.41) is 6.24. The first-order chi connectivity index (χ1) is 11.0. The molecule has 0 aromatic heterocycles. The van der Waals surface area contributed by atoms with E-state index in [2.05, 4.69) is 29.5 Å². The highest BCUT2D eigenvalue weighted by Crippen LogP contribution is 2.09. The molecule has 0 heterocycles. The van der Waals surface area contributed by atoms with Crippen LogP contribution >= 0.6 is 0 Å². The summed E-state index contributed by atoms with van der Waals surface area (Å²) in [5.74, 6) is 1.41. The quantitative estimate of drug-likeness (QED) is 0.412. The number of hydrogen-bond donors (Lipinski definition) is 2. The van der Waals surface area contributed by atoms with Crippen molar-refractivity contribution in [3.8, 4) is 0 Å². The molecule has 0 aliphatic heterocycles. The van der Waals surface area contributed by atoms with Gasteiger partial charge in [-0.3, -0.25) is 4.99 Å². The minimum absolute atomic E-state index is 0.0490. The van der Waals surface area contributed by atoms with Gasteiger partial charge in [0.2, 0.25) is 0 Å². The van der Waals surface area contributed by atoms with Gasteiger partial charge < -0.3 is 10.6 Å². The molecule has 130 valence electrons. The fraction of sp³-hybridized carbons (Fsp3) is 0.588. The van der Waals surface area contributed by atoms with Gasteiger partial charge in [-0.1, -0.05) is 32.0 Å². The summed E-state index contributed by atoms with van der Waals surface area (Å²) in [6.07, 6.45) is 2.18. The van der Waals surface area contributed by atoms with Crippen LogP contribution in [0.25, 0.3) is 0 Å². The van der Waals surface area contributed by atoms with Crippen LogP contribution in [0.15, 0.2) is 40.2 Å². The number of rotatable bonds is 9. The van der Waals surface area contributed by atoms with Crippen LogP contribution in [-0.2, 0) is 9.84 Å². The molecule has 1 rings (SSSR count). The molecule has 5 nitrogen and oxygen atoms in total. The molecule has 1 aromatic rings. The van der Waals surface area contributed by atoms with Gasteiger partial charge in [0.25, 0.3) is 0 Å². The zero-order chi connectivity index (χ0) is 17.1. The van der Waals surface area contributed by atoms with E-state index >= 15 is 0 Å². The Morgan fingerprint density at radius 1 is 1.17 bits per heavy atom. The Labute approximate surface area is 140 Å². The maximum Gasteiger partial charge on any atom is 0.191 e. The summed E-state index contributed by atoms with van der Waals surface area (Å²) in [5.41, 5.74) is 0. The Morgan fingerprint density at radius 2 is 1.87 bits per heavy atom. The fourth-order valence-corrected chi connectivity index (χ4v) is 3.26. The predicted octanol–water partition coefficient (Wildman–Crippen LogP) is 2.45. The topological polar surface area (TPSA) is 70.6 Å². The Morgan fingerprint density at radius 3 is 2.48 bits per heavy atom. The molecule has 6 heteroatoms. The lowest BCUT2D eigenvalue weighted by molar-refractivity contribution is 0.560. The molecule has 0 aliphatic carbocycles. The molecule has 0 aliphatic rings. The molecule has 0 unspecified atom stereocenters. The summed E-state index contributed by atoms with van der Waals surface area (Å²) < 4.78 is 24.4. The summed E-state index contributed by atoms with van der Waals surface area (Å²) in [4.78, 5) is 4.84. The number of nitrogens with zero attached hydrogens (tertiary/aromatic N) is 1. The average molecular weight is 340 g/mol. The molecule has 0 radical (unpaired) electrons. The Kier molecular flexibility index (Phi) is 8.69. The normalized spacial score (nSPS) is 12.4. The van der Waals surface area contributed by atoms with Gasteiger partial charge in [-0.15, -0.1) is 0 Å². The van der Waals surface area contributed by atoms with Crippen LogP contribution in [0.3, 0.4) is 0 Å². The van der Waals surface area contributed by atoms with Crippen molar-refractivity contribution in [1.82, 2.24) is 10.6 Å². The number of benzene rings is 1. The van der Waals surface area contributed by atoms with E-state index in [-0.39, 0.29) is 5.75 Å². The average Bonchev–Trinajstić information content (AvgIpc) is 2.52. The molecule has 0 atom stereocenters. The van der Waals surface area contributed by atoms with Crippen LogP contribution in [0.5, 0.6) is 0 Å². The molecular weight excluding hydrogens is 310 g/mol. The highest BCUT2D eigenvalue weighted by atomic mass is 32.2. The van der Waals surface area contributed by atoms with E-state index < -0.39 is 9.84 Å². The summed E-state index contributed by atoms with van der Waals surface area (Å²) in [7, 11) is -3.25. The van der Waals surface area contributed by atoms with E-state index in [4.69, 9.17) is 0 Å². The van der Waals surface area contributed by atoms with E-state index in [1.807, 2.05) is 13.0 Å². The van der Waals surface area contributed by atoms with Gasteiger partial charge in [0, 0.05) is 19.6 Å². The van der Waals surface area contributed by atoms with Crippen LogP contribution in [0, 0.1) is 5.92 Å². The number of guanidine groups is 1. The number of hydrogen-bond acceptors (Lipinski definition) is 3. The van der Waals surface area contributed by atoms with Crippen LogP contribution in [0.4, 0.5) is 0 Å². The van der Waals surface area contributed by atoms with Gasteiger partial charge in [-0.05, 0) is 37.8 Å². The first kappa shape index (κ1) is 19.5. The maximum atomic E-state index is 12.2. The smallest absolute Gasteiger partial charge is 0.191 e. The molecular formula is C17H29N3O2S. The number of aliphatic imine (C=N–C) groups is 1. The Bertz CT molecular complexity index is 569. The molecule has 2 N–H and O–H groups in total. The van der Waals surface area contributed by atoms with Crippen molar-refractivity contribution in [2.45, 2.75) is 38.5 Å². The third kappa shape index (κ3) is 8.02. The van der Waals surface area contributed by atoms with E-state index in [9.17, 15) is 8.42 Å². The van der Waals surface area contributed by atoms with E-state index in [0.717, 1.165) is 25.9 Å². The standard InChI is InChI=1S/C17H29N3O2S/c1-4-18-17(19-12-8-9-15(2)3)20-13-14-23(21,22)16-10-6-5-7-11-16/h5-7,10-11,15H,4,8-9,12-14H2,1-3H3,(H2,18,19,20). The zero-order valence-electron chi connectivity index (χ0n) is 14.4. The van der Waals surface area contributed by atoms with Gasteiger partial charge >= 0.3 is 0 Å². The molecule has 0 amide bonds. The Hall–Kier alpha value is -1.56.